The van der Waals surface area contributed by atoms with Gasteiger partial charge in [-0.05, 0) is 41.0 Å². The average molecular weight is 314 g/mol. The maximum atomic E-state index is 12.7. The minimum atomic E-state index is -0.939. The van der Waals surface area contributed by atoms with Gasteiger partial charge in [0.05, 0.1) is 12.2 Å². The lowest BCUT2D eigenvalue weighted by molar-refractivity contribution is -0.261. The molecule has 3 rings (SSSR count). The van der Waals surface area contributed by atoms with Gasteiger partial charge >= 0.3 is 0 Å². The van der Waals surface area contributed by atoms with Gasteiger partial charge in [0.25, 0.3) is 0 Å². The van der Waals surface area contributed by atoms with Crippen molar-refractivity contribution < 1.29 is 28.5 Å². The molecule has 0 aromatic rings. The van der Waals surface area contributed by atoms with Crippen LogP contribution in [0.15, 0.2) is 0 Å². The van der Waals surface area contributed by atoms with Crippen molar-refractivity contribution in [1.29, 1.82) is 0 Å². The molecule has 22 heavy (non-hydrogen) atoms. The molecule has 1 spiro atoms. The maximum absolute atomic E-state index is 12.7. The van der Waals surface area contributed by atoms with E-state index < -0.39 is 23.8 Å². The van der Waals surface area contributed by atoms with Gasteiger partial charge in [-0.3, -0.25) is 4.79 Å². The minimum absolute atomic E-state index is 0.0348. The van der Waals surface area contributed by atoms with Gasteiger partial charge in [-0.25, -0.2) is 0 Å². The summed E-state index contributed by atoms with van der Waals surface area (Å²) in [5.74, 6) is -0.841. The molecule has 3 aliphatic rings. The first-order valence-electron chi connectivity index (χ1n) is 7.82. The fourth-order valence-corrected chi connectivity index (χ4v) is 3.49. The Bertz CT molecular complexity index is 468. The molecule has 1 aliphatic carbocycles. The van der Waals surface area contributed by atoms with E-state index in [2.05, 4.69) is 0 Å². The van der Waals surface area contributed by atoms with Crippen LogP contribution in [0.4, 0.5) is 0 Å². The summed E-state index contributed by atoms with van der Waals surface area (Å²) in [6.45, 7) is 10.0. The van der Waals surface area contributed by atoms with Crippen molar-refractivity contribution in [3.05, 3.63) is 0 Å². The summed E-state index contributed by atoms with van der Waals surface area (Å²) < 4.78 is 28.7. The van der Waals surface area contributed by atoms with Crippen LogP contribution in [0.25, 0.3) is 0 Å². The monoisotopic (exact) mass is 314 g/mol. The summed E-state index contributed by atoms with van der Waals surface area (Å²) in [5.41, 5.74) is -1.20. The normalized spacial score (nSPS) is 43.5. The van der Waals surface area contributed by atoms with E-state index in [-0.39, 0.29) is 23.4 Å². The SMILES string of the molecule is COC1O[C@]2(CC(COC(C)(C)C)C2=O)C2OC(C)(C)OC12. The van der Waals surface area contributed by atoms with Crippen LogP contribution in [-0.2, 0) is 28.5 Å². The zero-order valence-corrected chi connectivity index (χ0v) is 14.2. The Balaban J connectivity index is 1.71. The second-order valence-electron chi connectivity index (χ2n) is 7.82. The molecule has 0 bridgehead atoms. The van der Waals surface area contributed by atoms with Crippen molar-refractivity contribution in [3.8, 4) is 0 Å². The fourth-order valence-electron chi connectivity index (χ4n) is 3.49. The highest BCUT2D eigenvalue weighted by Crippen LogP contribution is 2.53. The number of Topliss-reactive ketones (excluding diaryl/α,β-unsaturated/α-hetero) is 1. The van der Waals surface area contributed by atoms with Crippen molar-refractivity contribution >= 4 is 5.78 Å². The molecule has 0 N–H and O–H groups in total. The first-order valence-corrected chi connectivity index (χ1v) is 7.82. The van der Waals surface area contributed by atoms with E-state index in [4.69, 9.17) is 23.7 Å². The number of rotatable bonds is 3. The molecule has 4 unspecified atom stereocenters. The molecule has 6 heteroatoms. The lowest BCUT2D eigenvalue weighted by atomic mass is 9.66. The van der Waals surface area contributed by atoms with E-state index in [1.54, 1.807) is 7.11 Å². The van der Waals surface area contributed by atoms with Crippen molar-refractivity contribution in [2.24, 2.45) is 5.92 Å². The summed E-state index contributed by atoms with van der Waals surface area (Å²) in [7, 11) is 1.55. The molecule has 0 amide bonds. The molecule has 0 radical (unpaired) electrons. The van der Waals surface area contributed by atoms with Gasteiger partial charge in [0.1, 0.15) is 12.2 Å². The molecular formula is C16H26O6. The first-order chi connectivity index (χ1) is 10.1. The fraction of sp³-hybridized carbons (Fsp3) is 0.938. The van der Waals surface area contributed by atoms with E-state index in [1.807, 2.05) is 34.6 Å². The quantitative estimate of drug-likeness (QED) is 0.789. The standard InChI is InChI=1S/C16H26O6/c1-14(2,3)19-8-9-7-16(11(9)17)12-10(13(18-6)22-16)20-15(4,5)21-12/h9-10,12-13H,7-8H2,1-6H3/t9?,10?,12?,13?,16-/m0/s1. The molecule has 2 heterocycles. The summed E-state index contributed by atoms with van der Waals surface area (Å²) in [6, 6.07) is 0. The molecule has 0 aromatic heterocycles. The number of carbonyl (C=O) groups excluding carboxylic acids is 1. The Morgan fingerprint density at radius 2 is 1.91 bits per heavy atom. The van der Waals surface area contributed by atoms with Gasteiger partial charge in [-0.2, -0.15) is 0 Å². The van der Waals surface area contributed by atoms with Gasteiger partial charge in [0.15, 0.2) is 23.5 Å². The predicted octanol–water partition coefficient (Wildman–Crippen LogP) is 1.65. The second-order valence-corrected chi connectivity index (χ2v) is 7.82. The molecule has 126 valence electrons. The van der Waals surface area contributed by atoms with Crippen LogP contribution < -0.4 is 0 Å². The van der Waals surface area contributed by atoms with E-state index >= 15 is 0 Å². The van der Waals surface area contributed by atoms with Gasteiger partial charge in [-0.15, -0.1) is 0 Å². The van der Waals surface area contributed by atoms with Gasteiger partial charge in [0.2, 0.25) is 0 Å². The maximum Gasteiger partial charge on any atom is 0.187 e. The largest absolute Gasteiger partial charge is 0.375 e. The number of carbonyl (C=O) groups is 1. The Kier molecular flexibility index (Phi) is 3.70. The molecule has 5 atom stereocenters. The van der Waals surface area contributed by atoms with Crippen LogP contribution in [0, 0.1) is 5.92 Å². The Labute approximate surface area is 131 Å². The number of hydrogen-bond donors (Lipinski definition) is 0. The van der Waals surface area contributed by atoms with Crippen LogP contribution in [0.2, 0.25) is 0 Å². The molecule has 6 nitrogen and oxygen atoms in total. The molecule has 2 saturated heterocycles. The number of ether oxygens (including phenoxy) is 5. The van der Waals surface area contributed by atoms with Gasteiger partial charge in [0, 0.05) is 13.0 Å². The third-order valence-electron chi connectivity index (χ3n) is 4.47. The highest BCUT2D eigenvalue weighted by Gasteiger charge is 2.72. The smallest absolute Gasteiger partial charge is 0.187 e. The molecular weight excluding hydrogens is 288 g/mol. The van der Waals surface area contributed by atoms with E-state index in [1.165, 1.54) is 0 Å². The van der Waals surface area contributed by atoms with Crippen molar-refractivity contribution in [2.45, 2.75) is 76.5 Å². The highest BCUT2D eigenvalue weighted by molar-refractivity contribution is 5.97. The Hall–Kier alpha value is -0.530. The lowest BCUT2D eigenvalue weighted by Gasteiger charge is -2.45. The van der Waals surface area contributed by atoms with Gasteiger partial charge in [-0.1, -0.05) is 0 Å². The summed E-state index contributed by atoms with van der Waals surface area (Å²) in [6.07, 6.45) is -0.762. The summed E-state index contributed by atoms with van der Waals surface area (Å²) >= 11 is 0. The predicted molar refractivity (Wildman–Crippen MR) is 77.3 cm³/mol. The van der Waals surface area contributed by atoms with Crippen LogP contribution in [0.1, 0.15) is 41.0 Å². The van der Waals surface area contributed by atoms with Crippen LogP contribution in [0.5, 0.6) is 0 Å². The Morgan fingerprint density at radius 1 is 1.23 bits per heavy atom. The van der Waals surface area contributed by atoms with Crippen LogP contribution in [0.3, 0.4) is 0 Å². The number of hydrogen-bond acceptors (Lipinski definition) is 6. The Morgan fingerprint density at radius 3 is 2.45 bits per heavy atom. The number of fused-ring (bicyclic) bond motifs is 2. The van der Waals surface area contributed by atoms with Crippen LogP contribution in [-0.4, -0.2) is 55.0 Å². The van der Waals surface area contributed by atoms with Crippen molar-refractivity contribution in [3.63, 3.8) is 0 Å². The number of methoxy groups -OCH3 is 1. The molecule has 3 fully saturated rings. The molecule has 0 aromatic carbocycles. The molecule has 2 aliphatic heterocycles. The highest BCUT2D eigenvalue weighted by atomic mass is 16.8. The van der Waals surface area contributed by atoms with E-state index in [0.29, 0.717) is 13.0 Å². The number of ketones is 1. The average Bonchev–Trinajstić information content (AvgIpc) is 2.85. The summed E-state index contributed by atoms with van der Waals surface area (Å²) in [5, 5.41) is 0. The van der Waals surface area contributed by atoms with Crippen molar-refractivity contribution in [2.75, 3.05) is 13.7 Å². The molecule has 1 saturated carbocycles. The third kappa shape index (κ3) is 2.51. The zero-order chi connectivity index (χ0) is 16.3. The van der Waals surface area contributed by atoms with Gasteiger partial charge < -0.3 is 23.7 Å². The zero-order valence-electron chi connectivity index (χ0n) is 14.2. The topological polar surface area (TPSA) is 63.2 Å². The summed E-state index contributed by atoms with van der Waals surface area (Å²) in [4.78, 5) is 12.7. The van der Waals surface area contributed by atoms with Crippen molar-refractivity contribution in [1.82, 2.24) is 0 Å². The van der Waals surface area contributed by atoms with E-state index in [9.17, 15) is 4.79 Å². The minimum Gasteiger partial charge on any atom is -0.375 e. The second kappa shape index (κ2) is 4.98. The third-order valence-corrected chi connectivity index (χ3v) is 4.47. The van der Waals surface area contributed by atoms with Crippen LogP contribution >= 0.6 is 0 Å². The van der Waals surface area contributed by atoms with E-state index in [0.717, 1.165) is 0 Å². The first kappa shape index (κ1) is 16.3. The lowest BCUT2D eigenvalue weighted by Crippen LogP contribution is -2.63.